The quantitative estimate of drug-likeness (QED) is 0.890. The summed E-state index contributed by atoms with van der Waals surface area (Å²) in [5.74, 6) is 2.18. The molecule has 136 valence electrons. The fraction of sp³-hybridized carbons (Fsp3) is 0.682. The van der Waals surface area contributed by atoms with Crippen LogP contribution in [0.25, 0.3) is 0 Å². The lowest BCUT2D eigenvalue weighted by atomic mass is 9.65. The van der Waals surface area contributed by atoms with Gasteiger partial charge in [0.2, 0.25) is 5.91 Å². The van der Waals surface area contributed by atoms with Crippen LogP contribution in [0.15, 0.2) is 30.3 Å². The number of hydrogen-bond donors (Lipinski definition) is 1. The molecule has 0 aromatic heterocycles. The Morgan fingerprint density at radius 2 is 1.76 bits per heavy atom. The summed E-state index contributed by atoms with van der Waals surface area (Å²) < 4.78 is 0. The number of benzene rings is 1. The van der Waals surface area contributed by atoms with Crippen LogP contribution in [-0.4, -0.2) is 29.9 Å². The van der Waals surface area contributed by atoms with Gasteiger partial charge in [-0.15, -0.1) is 0 Å². The van der Waals surface area contributed by atoms with Crippen LogP contribution in [0.3, 0.4) is 0 Å². The zero-order valence-corrected chi connectivity index (χ0v) is 15.7. The fourth-order valence-electron chi connectivity index (χ4n) is 5.79. The molecule has 1 saturated heterocycles. The number of carbonyl (C=O) groups excluding carboxylic acids is 1. The minimum absolute atomic E-state index is 0.137. The second-order valence-electron chi connectivity index (χ2n) is 9.37. The average Bonchev–Trinajstić information content (AvgIpc) is 2.90. The molecule has 0 radical (unpaired) electrons. The van der Waals surface area contributed by atoms with Crippen LogP contribution < -0.4 is 5.73 Å². The number of amides is 1. The zero-order chi connectivity index (χ0) is 17.6. The summed E-state index contributed by atoms with van der Waals surface area (Å²) in [5, 5.41) is 0. The van der Waals surface area contributed by atoms with Crippen molar-refractivity contribution < 1.29 is 4.79 Å². The molecule has 3 nitrogen and oxygen atoms in total. The standard InChI is InChI=1S/C22H32N2O/c1-22(2)14-24(13-19(22)15-7-4-3-5-8-15)21(25)18-11-16-9-6-10-17(12-18)20(16)23/h3-5,7-8,16-20H,6,9-14,23H2,1-2H3. The summed E-state index contributed by atoms with van der Waals surface area (Å²) in [4.78, 5) is 15.4. The van der Waals surface area contributed by atoms with E-state index in [1.807, 2.05) is 0 Å². The second-order valence-corrected chi connectivity index (χ2v) is 9.37. The van der Waals surface area contributed by atoms with Gasteiger partial charge in [0.25, 0.3) is 0 Å². The molecule has 1 aromatic rings. The number of carbonyl (C=O) groups is 1. The van der Waals surface area contributed by atoms with E-state index in [4.69, 9.17) is 5.73 Å². The molecule has 4 rings (SSSR count). The number of fused-ring (bicyclic) bond motifs is 2. The molecule has 1 aromatic carbocycles. The van der Waals surface area contributed by atoms with Gasteiger partial charge in [-0.25, -0.2) is 0 Å². The van der Waals surface area contributed by atoms with Crippen LogP contribution in [0, 0.1) is 23.2 Å². The van der Waals surface area contributed by atoms with Gasteiger partial charge in [-0.1, -0.05) is 50.6 Å². The summed E-state index contributed by atoms with van der Waals surface area (Å²) in [6.07, 6.45) is 5.78. The van der Waals surface area contributed by atoms with Gasteiger partial charge in [0.05, 0.1) is 0 Å². The molecule has 2 N–H and O–H groups in total. The molecular weight excluding hydrogens is 308 g/mol. The Labute approximate surface area is 152 Å². The molecule has 0 spiro atoms. The first-order chi connectivity index (χ1) is 12.0. The van der Waals surface area contributed by atoms with E-state index in [1.54, 1.807) is 0 Å². The third-order valence-electron chi connectivity index (χ3n) is 7.22. The number of nitrogens with two attached hydrogens (primary N) is 1. The summed E-state index contributed by atoms with van der Waals surface area (Å²) >= 11 is 0. The molecule has 25 heavy (non-hydrogen) atoms. The predicted molar refractivity (Wildman–Crippen MR) is 101 cm³/mol. The maximum atomic E-state index is 13.3. The van der Waals surface area contributed by atoms with Gasteiger partial charge in [-0.05, 0) is 48.5 Å². The van der Waals surface area contributed by atoms with Crippen molar-refractivity contribution >= 4 is 5.91 Å². The van der Waals surface area contributed by atoms with Gasteiger partial charge >= 0.3 is 0 Å². The van der Waals surface area contributed by atoms with Gasteiger partial charge in [0, 0.05) is 31.0 Å². The van der Waals surface area contributed by atoms with E-state index in [9.17, 15) is 4.79 Å². The van der Waals surface area contributed by atoms with Crippen molar-refractivity contribution in [3.05, 3.63) is 35.9 Å². The van der Waals surface area contributed by atoms with Crippen molar-refractivity contribution in [3.63, 3.8) is 0 Å². The molecule has 2 aliphatic carbocycles. The van der Waals surface area contributed by atoms with Crippen molar-refractivity contribution in [1.82, 2.24) is 4.90 Å². The van der Waals surface area contributed by atoms with Crippen LogP contribution in [0.1, 0.15) is 57.4 Å². The normalized spacial score (nSPS) is 37.1. The molecule has 2 bridgehead atoms. The Balaban J connectivity index is 1.48. The van der Waals surface area contributed by atoms with Crippen molar-refractivity contribution in [2.75, 3.05) is 13.1 Å². The van der Waals surface area contributed by atoms with E-state index in [0.29, 0.717) is 29.7 Å². The summed E-state index contributed by atoms with van der Waals surface area (Å²) in [7, 11) is 0. The first-order valence-corrected chi connectivity index (χ1v) is 10.0. The SMILES string of the molecule is CC1(C)CN(C(=O)C2CC3CCCC(C2)C3N)CC1c1ccccc1. The minimum Gasteiger partial charge on any atom is -0.341 e. The smallest absolute Gasteiger partial charge is 0.225 e. The Morgan fingerprint density at radius 1 is 1.12 bits per heavy atom. The molecule has 3 fully saturated rings. The third-order valence-corrected chi connectivity index (χ3v) is 7.22. The Kier molecular flexibility index (Phi) is 4.39. The van der Waals surface area contributed by atoms with E-state index >= 15 is 0 Å². The number of nitrogens with zero attached hydrogens (tertiary/aromatic N) is 1. The predicted octanol–water partition coefficient (Wildman–Crippen LogP) is 3.79. The molecule has 2 saturated carbocycles. The van der Waals surface area contributed by atoms with Gasteiger partial charge in [-0.2, -0.15) is 0 Å². The second kappa shape index (κ2) is 6.42. The lowest BCUT2D eigenvalue weighted by Gasteiger charge is -2.44. The molecule has 3 aliphatic rings. The molecule has 1 aliphatic heterocycles. The van der Waals surface area contributed by atoms with Crippen LogP contribution in [-0.2, 0) is 4.79 Å². The highest BCUT2D eigenvalue weighted by Gasteiger charge is 2.46. The topological polar surface area (TPSA) is 46.3 Å². The van der Waals surface area contributed by atoms with Crippen molar-refractivity contribution in [2.45, 2.75) is 57.9 Å². The number of likely N-dealkylation sites (tertiary alicyclic amines) is 1. The van der Waals surface area contributed by atoms with Crippen LogP contribution >= 0.6 is 0 Å². The minimum atomic E-state index is 0.137. The van der Waals surface area contributed by atoms with Crippen LogP contribution in [0.2, 0.25) is 0 Å². The highest BCUT2D eigenvalue weighted by Crippen LogP contribution is 2.46. The van der Waals surface area contributed by atoms with Gasteiger partial charge in [0.1, 0.15) is 0 Å². The van der Waals surface area contributed by atoms with Crippen molar-refractivity contribution in [1.29, 1.82) is 0 Å². The van der Waals surface area contributed by atoms with E-state index in [1.165, 1.54) is 24.8 Å². The summed E-state index contributed by atoms with van der Waals surface area (Å²) in [6, 6.07) is 11.1. The van der Waals surface area contributed by atoms with Crippen molar-refractivity contribution in [3.8, 4) is 0 Å². The number of rotatable bonds is 2. The Morgan fingerprint density at radius 3 is 2.40 bits per heavy atom. The molecule has 3 heteroatoms. The van der Waals surface area contributed by atoms with E-state index in [-0.39, 0.29) is 11.3 Å². The molecule has 1 amide bonds. The first kappa shape index (κ1) is 17.1. The van der Waals surface area contributed by atoms with Crippen LogP contribution in [0.4, 0.5) is 0 Å². The van der Waals surface area contributed by atoms with Gasteiger partial charge in [0.15, 0.2) is 0 Å². The summed E-state index contributed by atoms with van der Waals surface area (Å²) in [5.41, 5.74) is 7.92. The number of hydrogen-bond acceptors (Lipinski definition) is 2. The lowest BCUT2D eigenvalue weighted by molar-refractivity contribution is -0.137. The average molecular weight is 341 g/mol. The summed E-state index contributed by atoms with van der Waals surface area (Å²) in [6.45, 7) is 6.37. The third kappa shape index (κ3) is 3.12. The highest BCUT2D eigenvalue weighted by atomic mass is 16.2. The highest BCUT2D eigenvalue weighted by molar-refractivity contribution is 5.79. The van der Waals surface area contributed by atoms with E-state index in [2.05, 4.69) is 49.1 Å². The Hall–Kier alpha value is -1.35. The maximum Gasteiger partial charge on any atom is 0.225 e. The molecular formula is C22H32N2O. The Bertz CT molecular complexity index is 612. The van der Waals surface area contributed by atoms with Gasteiger partial charge < -0.3 is 10.6 Å². The van der Waals surface area contributed by atoms with E-state index in [0.717, 1.165) is 25.9 Å². The van der Waals surface area contributed by atoms with E-state index < -0.39 is 0 Å². The maximum absolute atomic E-state index is 13.3. The van der Waals surface area contributed by atoms with Crippen LogP contribution in [0.5, 0.6) is 0 Å². The molecule has 1 heterocycles. The molecule has 3 atom stereocenters. The first-order valence-electron chi connectivity index (χ1n) is 10.0. The monoisotopic (exact) mass is 340 g/mol. The zero-order valence-electron chi connectivity index (χ0n) is 15.7. The fourth-order valence-corrected chi connectivity index (χ4v) is 5.79. The molecule has 3 unspecified atom stereocenters. The largest absolute Gasteiger partial charge is 0.341 e. The van der Waals surface area contributed by atoms with Gasteiger partial charge in [-0.3, -0.25) is 4.79 Å². The van der Waals surface area contributed by atoms with Crippen molar-refractivity contribution in [2.24, 2.45) is 28.9 Å². The lowest BCUT2D eigenvalue weighted by Crippen LogP contribution is -2.49.